The zero-order valence-electron chi connectivity index (χ0n) is 64.2. The third-order valence-electron chi connectivity index (χ3n) is 24.6. The van der Waals surface area contributed by atoms with Crippen molar-refractivity contribution in [1.82, 2.24) is 60.0 Å². The molecular weight excluding hydrogens is 1410 g/mol. The molecule has 8 aliphatic rings. The zero-order valence-corrected chi connectivity index (χ0v) is 64.9. The highest BCUT2D eigenvalue weighted by Gasteiger charge is 2.54. The third kappa shape index (κ3) is 20.1. The maximum atomic E-state index is 15.8. The van der Waals surface area contributed by atoms with Crippen LogP contribution in [0, 0.1) is 35.5 Å². The molecule has 3 N–H and O–H groups in total. The standard InChI is InChI=1S/C75H118ClF5N12O13/c1-12-33-91-58(42-49-26-31-74(77,78)32-27-49)67(100)85(7)44-59(94)82-53(25-23-48-22-24-51(52(76)41-48)75(79,80)81)66(99)92-34-18-21-54(92)64(97)84-73(29-16-17-30-73)72(105)89(11)62(50-19-14-15-20-50)71(104)88(10)57(68(101)90-36-38-106-39-37-90)43-60(95)87(9)56(40-45(3)4)63(96)83-61(46(5)13-2)70(103)86(8)47(6)65(98)93-35-28-55(93)69(91)102/h45-58,61-62H,12-44H2,1-11H3,(H,82,94)(H,83,96)(H,84,97)/t46-,47-,48?,51?,52?,53-,54-,55-,56-,57-,58-,61-,62-/m0/s1. The SMILES string of the molecule is CCCN1C(=O)[C@@H]2CCN2C(=O)[C@H](C)N(C)C(=O)[C@H]([C@@H](C)CC)NC(=O)[C@H](CC(C)C)N(C)C(=O)C[C@@H](C(=O)N2CCOCC2)N(C)C(=O)[C@H](C2CCCC2)N(C)C(=O)C2(CCCC2)NC(=O)[C@@H]2CCCN2C(=O)[C@H](CCC2CCC(C(F)(F)F)C(Cl)C2)NC(=O)CN(C)C(=O)[C@@H]1CC1CCC(F)(F)CC1. The van der Waals surface area contributed by atoms with Gasteiger partial charge >= 0.3 is 6.18 Å². The van der Waals surface area contributed by atoms with Crippen molar-refractivity contribution in [1.29, 1.82) is 0 Å². The number of rotatable bonds is 13. The Morgan fingerprint density at radius 2 is 1.28 bits per heavy atom. The highest BCUT2D eigenvalue weighted by molar-refractivity contribution is 6.21. The van der Waals surface area contributed by atoms with E-state index in [2.05, 4.69) is 16.0 Å². The molecule has 1 spiro atoms. The quantitative estimate of drug-likeness (QED) is 0.131. The topological polar surface area (TPSA) is 279 Å². The largest absolute Gasteiger partial charge is 0.393 e. The van der Waals surface area contributed by atoms with Gasteiger partial charge in [-0.2, -0.15) is 13.2 Å². The fourth-order valence-electron chi connectivity index (χ4n) is 17.5. The number of carbonyl (C=O) groups is 12. The molecule has 12 amide bonds. The molecule has 0 aromatic carbocycles. The van der Waals surface area contributed by atoms with E-state index in [0.717, 1.165) is 17.7 Å². The number of halogens is 6. The number of hydrogen-bond acceptors (Lipinski definition) is 13. The number of morpholine rings is 1. The predicted molar refractivity (Wildman–Crippen MR) is 384 cm³/mol. The van der Waals surface area contributed by atoms with Crippen molar-refractivity contribution in [3.05, 3.63) is 0 Å². The molecule has 598 valence electrons. The van der Waals surface area contributed by atoms with Crippen molar-refractivity contribution in [3.63, 3.8) is 0 Å². The third-order valence-corrected chi connectivity index (χ3v) is 25.0. The molecule has 0 radical (unpaired) electrons. The minimum absolute atomic E-state index is 0.0142. The van der Waals surface area contributed by atoms with Crippen molar-refractivity contribution in [2.45, 2.75) is 279 Å². The predicted octanol–water partition coefficient (Wildman–Crippen LogP) is 6.50. The minimum atomic E-state index is -4.54. The second-order valence-electron chi connectivity index (χ2n) is 32.3. The minimum Gasteiger partial charge on any atom is -0.378 e. The van der Waals surface area contributed by atoms with Gasteiger partial charge in [0.15, 0.2) is 0 Å². The summed E-state index contributed by atoms with van der Waals surface area (Å²) < 4.78 is 77.4. The maximum Gasteiger partial charge on any atom is 0.393 e. The average Bonchev–Trinajstić information content (AvgIpc) is 1.36. The lowest BCUT2D eigenvalue weighted by atomic mass is 9.78. The number of alkyl halides is 6. The smallest absolute Gasteiger partial charge is 0.378 e. The van der Waals surface area contributed by atoms with Crippen LogP contribution in [0.15, 0.2) is 0 Å². The van der Waals surface area contributed by atoms with E-state index in [9.17, 15) is 31.5 Å². The lowest BCUT2D eigenvalue weighted by Crippen LogP contribution is -2.65. The Morgan fingerprint density at radius 1 is 0.642 bits per heavy atom. The molecule has 0 bridgehead atoms. The normalized spacial score (nSPS) is 31.3. The van der Waals surface area contributed by atoms with Gasteiger partial charge < -0.3 is 64.8 Å². The number of carbonyl (C=O) groups excluding carboxylic acids is 12. The van der Waals surface area contributed by atoms with Crippen molar-refractivity contribution < 1.29 is 84.2 Å². The fraction of sp³-hybridized carbons (Fsp3) is 0.840. The molecule has 8 rings (SSSR count). The summed E-state index contributed by atoms with van der Waals surface area (Å²) in [5.41, 5.74) is -1.60. The van der Waals surface area contributed by atoms with E-state index in [1.807, 2.05) is 20.8 Å². The average molecular weight is 1530 g/mol. The van der Waals surface area contributed by atoms with E-state index in [1.165, 1.54) is 81.4 Å². The van der Waals surface area contributed by atoms with Crippen LogP contribution >= 0.6 is 11.6 Å². The molecule has 4 heterocycles. The summed E-state index contributed by atoms with van der Waals surface area (Å²) in [6.07, 6.45) is -1.21. The van der Waals surface area contributed by atoms with Crippen LogP contribution in [0.2, 0.25) is 0 Å². The van der Waals surface area contributed by atoms with Gasteiger partial charge in [-0.25, -0.2) is 8.78 Å². The highest BCUT2D eigenvalue weighted by atomic mass is 35.5. The maximum absolute atomic E-state index is 15.8. The molecule has 8 fully saturated rings. The summed E-state index contributed by atoms with van der Waals surface area (Å²) in [6.45, 7) is 10.5. The van der Waals surface area contributed by atoms with Crippen LogP contribution in [-0.4, -0.2) is 280 Å². The fourth-order valence-corrected chi connectivity index (χ4v) is 18.0. The second kappa shape index (κ2) is 36.8. The molecule has 4 aliphatic heterocycles. The van der Waals surface area contributed by atoms with E-state index < -0.39 is 204 Å². The molecular formula is C75H118ClF5N12O13. The van der Waals surface area contributed by atoms with Crippen LogP contribution in [0.25, 0.3) is 0 Å². The van der Waals surface area contributed by atoms with E-state index >= 15 is 47.9 Å². The molecule has 3 unspecified atom stereocenters. The lowest BCUT2D eigenvalue weighted by Gasteiger charge is -2.46. The number of nitrogens with zero attached hydrogens (tertiary/aromatic N) is 9. The van der Waals surface area contributed by atoms with Gasteiger partial charge in [0.1, 0.15) is 59.9 Å². The van der Waals surface area contributed by atoms with Crippen molar-refractivity contribution in [2.75, 3.05) is 87.7 Å². The Morgan fingerprint density at radius 3 is 1.87 bits per heavy atom. The first-order valence-electron chi connectivity index (χ1n) is 39.1. The zero-order chi connectivity index (χ0) is 78.0. The Hall–Kier alpha value is -6.46. The van der Waals surface area contributed by atoms with Crippen LogP contribution in [0.4, 0.5) is 22.0 Å². The van der Waals surface area contributed by atoms with Crippen LogP contribution in [-0.2, 0) is 62.3 Å². The molecule has 106 heavy (non-hydrogen) atoms. The van der Waals surface area contributed by atoms with Crippen molar-refractivity contribution in [3.8, 4) is 0 Å². The lowest BCUT2D eigenvalue weighted by molar-refractivity contribution is -0.182. The molecule has 4 aliphatic carbocycles. The Kier molecular flexibility index (Phi) is 29.6. The summed E-state index contributed by atoms with van der Waals surface area (Å²) in [4.78, 5) is 194. The first-order valence-corrected chi connectivity index (χ1v) is 39.5. The second-order valence-corrected chi connectivity index (χ2v) is 32.8. The van der Waals surface area contributed by atoms with Crippen LogP contribution in [0.1, 0.15) is 202 Å². The van der Waals surface area contributed by atoms with Gasteiger partial charge in [0, 0.05) is 86.2 Å². The van der Waals surface area contributed by atoms with Crippen molar-refractivity contribution >= 4 is 82.5 Å². The summed E-state index contributed by atoms with van der Waals surface area (Å²) >= 11 is 6.42. The Labute approximate surface area is 626 Å². The van der Waals surface area contributed by atoms with Gasteiger partial charge in [0.05, 0.1) is 32.1 Å². The summed E-state index contributed by atoms with van der Waals surface area (Å²) in [7, 11) is 7.05. The molecule has 31 heteroatoms. The van der Waals surface area contributed by atoms with Gasteiger partial charge in [-0.15, -0.1) is 11.6 Å². The molecule has 0 aromatic rings. The number of nitrogens with one attached hydrogen (secondary N) is 3. The molecule has 25 nitrogen and oxygen atoms in total. The van der Waals surface area contributed by atoms with Crippen LogP contribution < -0.4 is 16.0 Å². The van der Waals surface area contributed by atoms with E-state index in [-0.39, 0.29) is 135 Å². The van der Waals surface area contributed by atoms with Gasteiger partial charge in [-0.3, -0.25) is 57.5 Å². The molecule has 4 saturated carbocycles. The van der Waals surface area contributed by atoms with Gasteiger partial charge in [0.25, 0.3) is 0 Å². The van der Waals surface area contributed by atoms with E-state index in [4.69, 9.17) is 16.3 Å². The molecule has 4 saturated heterocycles. The number of likely N-dealkylation sites (N-methyl/N-ethyl adjacent to an activating group) is 5. The van der Waals surface area contributed by atoms with Gasteiger partial charge in [-0.1, -0.05) is 66.7 Å². The first kappa shape index (κ1) is 85.2. The van der Waals surface area contributed by atoms with Gasteiger partial charge in [-0.05, 0) is 146 Å². The number of hydrogen-bond donors (Lipinski definition) is 3. The van der Waals surface area contributed by atoms with Crippen molar-refractivity contribution in [2.24, 2.45) is 35.5 Å². The summed E-state index contributed by atoms with van der Waals surface area (Å²) in [5, 5.41) is 7.53. The Bertz CT molecular complexity index is 3140. The molecule has 13 atom stereocenters. The first-order chi connectivity index (χ1) is 50.0. The summed E-state index contributed by atoms with van der Waals surface area (Å²) in [6, 6.07) is -11.5. The van der Waals surface area contributed by atoms with Crippen LogP contribution in [0.5, 0.6) is 0 Å². The Balaban J connectivity index is 1.19. The van der Waals surface area contributed by atoms with Gasteiger partial charge in [0.2, 0.25) is 76.8 Å². The van der Waals surface area contributed by atoms with E-state index in [0.29, 0.717) is 44.9 Å². The van der Waals surface area contributed by atoms with E-state index in [1.54, 1.807) is 13.8 Å². The molecule has 0 aromatic heterocycles. The number of ether oxygens (including phenoxy) is 1. The monoisotopic (exact) mass is 1520 g/mol. The van der Waals surface area contributed by atoms with Crippen LogP contribution in [0.3, 0.4) is 0 Å². The summed E-state index contributed by atoms with van der Waals surface area (Å²) in [5.74, 6) is -14.9. The number of amides is 12. The number of fused-ring (bicyclic) bond motifs is 2. The highest BCUT2D eigenvalue weighted by Crippen LogP contribution is 2.45.